The van der Waals surface area contributed by atoms with Crippen LogP contribution in [0.25, 0.3) is 22.1 Å². The van der Waals surface area contributed by atoms with Gasteiger partial charge in [0.2, 0.25) is 5.78 Å². The number of benzene rings is 2. The minimum absolute atomic E-state index is 0.0134. The number of Topliss-reactive ketones (excluding diaryl/α,β-unsaturated/α-hetero) is 1. The van der Waals surface area contributed by atoms with Crippen LogP contribution in [0.5, 0.6) is 0 Å². The van der Waals surface area contributed by atoms with E-state index < -0.39 is 45.7 Å². The number of hydrogen-bond acceptors (Lipinski definition) is 12. The number of allylic oxidation sites excluding steroid dienone is 4. The van der Waals surface area contributed by atoms with E-state index >= 15 is 0 Å². The Hall–Kier alpha value is -6.66. The maximum absolute atomic E-state index is 13.5. The summed E-state index contributed by atoms with van der Waals surface area (Å²) in [7, 11) is 5.57. The van der Waals surface area contributed by atoms with Gasteiger partial charge in [-0.25, -0.2) is 28.3 Å². The number of carbonyl (C=O) groups excluding carboxylic acids is 4. The Morgan fingerprint density at radius 2 is 1.07 bits per heavy atom. The maximum atomic E-state index is 13.5. The molecule has 0 N–H and O–H groups in total. The molecule has 0 unspecified atom stereocenters. The van der Waals surface area contributed by atoms with E-state index in [4.69, 9.17) is 0 Å². The lowest BCUT2D eigenvalue weighted by Crippen LogP contribution is -2.39. The Labute approximate surface area is 347 Å². The molecule has 0 saturated carbocycles. The molecule has 2 aliphatic rings. The first-order chi connectivity index (χ1) is 28.4. The topological polar surface area (TPSA) is 182 Å². The van der Waals surface area contributed by atoms with Gasteiger partial charge < -0.3 is 0 Å². The van der Waals surface area contributed by atoms with Gasteiger partial charge in [-0.1, -0.05) is 37.7 Å². The summed E-state index contributed by atoms with van der Waals surface area (Å²) in [6, 6.07) is 11.8. The van der Waals surface area contributed by atoms with Gasteiger partial charge in [-0.15, -0.1) is 12.6 Å². The number of aromatic nitrogens is 6. The molecule has 0 saturated heterocycles. The van der Waals surface area contributed by atoms with Crippen molar-refractivity contribution in [3.05, 3.63) is 159 Å². The molecule has 60 heavy (non-hydrogen) atoms. The zero-order chi connectivity index (χ0) is 43.9. The molecular formula is C42H34F2N6O8S2. The largest absolute Gasteiger partial charge is 0.332 e. The number of aryl methyl sites for hydroxylation is 4. The van der Waals surface area contributed by atoms with Gasteiger partial charge in [-0.2, -0.15) is 0 Å². The highest BCUT2D eigenvalue weighted by Crippen LogP contribution is 2.36. The smallest absolute Gasteiger partial charge is 0.289 e. The molecule has 306 valence electrons. The Morgan fingerprint density at radius 3 is 1.53 bits per heavy atom. The van der Waals surface area contributed by atoms with Crippen LogP contribution in [0.3, 0.4) is 0 Å². The van der Waals surface area contributed by atoms with Crippen LogP contribution in [-0.4, -0.2) is 51.4 Å². The van der Waals surface area contributed by atoms with Gasteiger partial charge in [0.05, 0.1) is 49.3 Å². The molecule has 2 aliphatic carbocycles. The molecule has 4 heterocycles. The molecule has 14 nitrogen and oxygen atoms in total. The number of carbonyl (C=O) groups is 4. The van der Waals surface area contributed by atoms with E-state index in [1.807, 2.05) is 0 Å². The molecule has 0 aliphatic heterocycles. The van der Waals surface area contributed by atoms with Crippen LogP contribution in [0.15, 0.2) is 101 Å². The summed E-state index contributed by atoms with van der Waals surface area (Å²) in [4.78, 5) is 110. The molecule has 0 spiro atoms. The number of thioether (sulfide) groups is 1. The van der Waals surface area contributed by atoms with Gasteiger partial charge in [-0.3, -0.25) is 47.0 Å². The van der Waals surface area contributed by atoms with Crippen LogP contribution in [0, 0.1) is 11.6 Å². The molecular weight excluding hydrogens is 819 g/mol. The van der Waals surface area contributed by atoms with E-state index in [0.29, 0.717) is 34.0 Å². The summed E-state index contributed by atoms with van der Waals surface area (Å²) in [6.45, 7) is 3.56. The zero-order valence-corrected chi connectivity index (χ0v) is 34.5. The van der Waals surface area contributed by atoms with Crippen LogP contribution in [0.1, 0.15) is 66.7 Å². The van der Waals surface area contributed by atoms with Crippen molar-refractivity contribution in [2.75, 3.05) is 0 Å². The van der Waals surface area contributed by atoms with Crippen molar-refractivity contribution in [1.82, 2.24) is 28.2 Å². The zero-order valence-electron chi connectivity index (χ0n) is 32.8. The summed E-state index contributed by atoms with van der Waals surface area (Å²) in [5.41, 5.74) is -1.26. The van der Waals surface area contributed by atoms with Crippen molar-refractivity contribution in [1.29, 1.82) is 0 Å². The average molecular weight is 853 g/mol. The minimum Gasteiger partial charge on any atom is -0.289 e. The molecule has 0 fully saturated rings. The summed E-state index contributed by atoms with van der Waals surface area (Å²) in [6.07, 6.45) is 4.22. The van der Waals surface area contributed by atoms with E-state index in [9.17, 15) is 47.1 Å². The Balaban J connectivity index is 0.000000175. The summed E-state index contributed by atoms with van der Waals surface area (Å²) in [5.74, 6) is -2.45. The highest BCUT2D eigenvalue weighted by Gasteiger charge is 2.34. The van der Waals surface area contributed by atoms with Gasteiger partial charge in [0.15, 0.2) is 17.3 Å². The van der Waals surface area contributed by atoms with Gasteiger partial charge in [0, 0.05) is 44.1 Å². The molecule has 0 amide bonds. The van der Waals surface area contributed by atoms with E-state index in [-0.39, 0.29) is 60.8 Å². The van der Waals surface area contributed by atoms with Crippen molar-refractivity contribution in [3.63, 3.8) is 0 Å². The first-order valence-corrected chi connectivity index (χ1v) is 19.4. The molecule has 18 heteroatoms. The Bertz CT molecular complexity index is 3180. The second kappa shape index (κ2) is 16.9. The van der Waals surface area contributed by atoms with Crippen LogP contribution in [0.2, 0.25) is 0 Å². The van der Waals surface area contributed by atoms with Crippen molar-refractivity contribution in [3.8, 4) is 0 Å². The van der Waals surface area contributed by atoms with Gasteiger partial charge in [0.25, 0.3) is 11.1 Å². The molecule has 0 atom stereocenters. The van der Waals surface area contributed by atoms with Gasteiger partial charge >= 0.3 is 11.4 Å². The predicted octanol–water partition coefficient (Wildman–Crippen LogP) is 4.63. The fraction of sp³-hybridized carbons (Fsp3) is 0.190. The van der Waals surface area contributed by atoms with Crippen molar-refractivity contribution >= 4 is 69.6 Å². The first kappa shape index (κ1) is 42.9. The molecule has 2 aromatic carbocycles. The molecule has 4 aromatic heterocycles. The lowest BCUT2D eigenvalue weighted by Gasteiger charge is -2.20. The molecule has 6 aromatic rings. The van der Waals surface area contributed by atoms with Gasteiger partial charge in [0.1, 0.15) is 22.9 Å². The third-order valence-electron chi connectivity index (χ3n) is 9.67. The highest BCUT2D eigenvalue weighted by molar-refractivity contribution is 8.04. The fourth-order valence-corrected chi connectivity index (χ4v) is 7.84. The van der Waals surface area contributed by atoms with Crippen LogP contribution < -0.4 is 22.5 Å². The summed E-state index contributed by atoms with van der Waals surface area (Å²) >= 11 is 4.89. The molecule has 0 bridgehead atoms. The standard InChI is InChI=1S/C21H16FN3O4S.C15H13N3O4.C6H5FS/c1-4-12-15-16(17-19(23-12)24(2)21(29)25(3)20(17)28)13(26)9-14(18(15)27)30-11-7-5-6-10(22)8-11;1-4-7-10-8(19)5-6-9(20)11(10)12-13(16-7)17(2)15(22)18(3)14(12)21;7-5-2-1-3-6(8)4-5/h5-9H,4H2,1-3H3;5-6H,4H2,1-3H3;1-4,8H. The number of fused-ring (bicyclic) bond motifs is 6. The number of halogens is 2. The van der Waals surface area contributed by atoms with Crippen molar-refractivity contribution in [2.24, 2.45) is 28.2 Å². The van der Waals surface area contributed by atoms with Crippen molar-refractivity contribution < 1.29 is 28.0 Å². The average Bonchev–Trinajstić information content (AvgIpc) is 3.22. The summed E-state index contributed by atoms with van der Waals surface area (Å²) in [5, 5.41) is -0.0456. The van der Waals surface area contributed by atoms with Crippen molar-refractivity contribution in [2.45, 2.75) is 36.5 Å². The second-order valence-electron chi connectivity index (χ2n) is 13.4. The number of nitrogens with zero attached hydrogens (tertiary/aromatic N) is 6. The second-order valence-corrected chi connectivity index (χ2v) is 15.1. The normalized spacial score (nSPS) is 13.1. The number of thiol groups is 1. The fourth-order valence-electron chi connectivity index (χ4n) is 6.69. The van der Waals surface area contributed by atoms with E-state index in [2.05, 4.69) is 22.6 Å². The first-order valence-electron chi connectivity index (χ1n) is 18.1. The predicted molar refractivity (Wildman–Crippen MR) is 224 cm³/mol. The number of rotatable bonds is 4. The van der Waals surface area contributed by atoms with Gasteiger partial charge in [-0.05, 0) is 61.4 Å². The third-order valence-corrected chi connectivity index (χ3v) is 11.0. The quantitative estimate of drug-likeness (QED) is 0.244. The van der Waals surface area contributed by atoms with E-state index in [0.717, 1.165) is 33.0 Å². The number of hydrogen-bond donors (Lipinski definition) is 1. The lowest BCUT2D eigenvalue weighted by molar-refractivity contribution is 0.0991. The summed E-state index contributed by atoms with van der Waals surface area (Å²) < 4.78 is 29.8. The SMILES string of the molecule is CCc1nc2c(c3c1C(=O)C(Sc1cccc(F)c1)=CC3=O)c(=O)n(C)c(=O)n2C.CCc1nc2c(c3c1C(=O)C=CC3=O)c(=O)n(C)c(=O)n2C.Fc1cccc(S)c1. The molecule has 0 radical (unpaired) electrons. The third kappa shape index (κ3) is 7.66. The Morgan fingerprint density at radius 1 is 0.600 bits per heavy atom. The highest BCUT2D eigenvalue weighted by atomic mass is 32.2. The van der Waals surface area contributed by atoms with Crippen LogP contribution >= 0.6 is 24.4 Å². The number of ketones is 4. The minimum atomic E-state index is -0.685. The monoisotopic (exact) mass is 852 g/mol. The van der Waals surface area contributed by atoms with E-state index in [1.165, 1.54) is 73.7 Å². The lowest BCUT2D eigenvalue weighted by atomic mass is 9.90. The van der Waals surface area contributed by atoms with Crippen LogP contribution in [-0.2, 0) is 41.0 Å². The van der Waals surface area contributed by atoms with Crippen LogP contribution in [0.4, 0.5) is 8.78 Å². The number of pyridine rings is 2. The Kier molecular flexibility index (Phi) is 12.1. The molecule has 8 rings (SSSR count). The maximum Gasteiger partial charge on any atom is 0.332 e. The van der Waals surface area contributed by atoms with E-state index in [1.54, 1.807) is 32.0 Å².